The molecule has 7 nitrogen and oxygen atoms in total. The lowest BCUT2D eigenvalue weighted by molar-refractivity contribution is 0.0915. The van der Waals surface area contributed by atoms with Crippen LogP contribution in [-0.4, -0.2) is 74.8 Å². The molecule has 0 spiro atoms. The first-order valence-electron chi connectivity index (χ1n) is 9.77. The third kappa shape index (κ3) is 7.73. The molecule has 8 heteroatoms. The van der Waals surface area contributed by atoms with Crippen LogP contribution in [0, 0.1) is 0 Å². The maximum Gasteiger partial charge on any atom is 0.409 e. The van der Waals surface area contributed by atoms with Crippen molar-refractivity contribution in [1.29, 1.82) is 0 Å². The normalized spacial score (nSPS) is 14.3. The monoisotopic (exact) mass is 504 g/mol. The molecule has 1 fully saturated rings. The van der Waals surface area contributed by atoms with Crippen LogP contribution in [0.4, 0.5) is 4.79 Å². The van der Waals surface area contributed by atoms with E-state index in [0.717, 1.165) is 50.8 Å². The molecule has 0 aromatic heterocycles. The van der Waals surface area contributed by atoms with Crippen molar-refractivity contribution in [3.63, 3.8) is 0 Å². The number of guanidine groups is 1. The Morgan fingerprint density at radius 1 is 1.18 bits per heavy atom. The molecule has 1 saturated heterocycles. The van der Waals surface area contributed by atoms with Gasteiger partial charge < -0.3 is 24.6 Å². The van der Waals surface area contributed by atoms with E-state index in [4.69, 9.17) is 9.47 Å². The first kappa shape index (κ1) is 24.3. The van der Waals surface area contributed by atoms with Crippen molar-refractivity contribution in [2.24, 2.45) is 4.99 Å². The van der Waals surface area contributed by atoms with Crippen molar-refractivity contribution >= 4 is 36.0 Å². The first-order valence-corrected chi connectivity index (χ1v) is 9.77. The molecule has 0 saturated carbocycles. The topological polar surface area (TPSA) is 66.4 Å². The second-order valence-electron chi connectivity index (χ2n) is 6.39. The van der Waals surface area contributed by atoms with Gasteiger partial charge in [0.25, 0.3) is 0 Å². The quantitative estimate of drug-likeness (QED) is 0.352. The minimum atomic E-state index is -0.231. The van der Waals surface area contributed by atoms with Crippen molar-refractivity contribution in [1.82, 2.24) is 15.1 Å². The zero-order chi connectivity index (χ0) is 19.5. The van der Waals surface area contributed by atoms with E-state index in [0.29, 0.717) is 19.7 Å². The van der Waals surface area contributed by atoms with Gasteiger partial charge in [0.1, 0.15) is 5.75 Å². The predicted octanol–water partition coefficient (Wildman–Crippen LogP) is 2.99. The number of aliphatic imine (C=N–C) groups is 1. The summed E-state index contributed by atoms with van der Waals surface area (Å²) in [6, 6.07) is 8.23. The molecule has 0 bridgehead atoms. The van der Waals surface area contributed by atoms with Gasteiger partial charge in [-0.1, -0.05) is 19.1 Å². The van der Waals surface area contributed by atoms with Crippen molar-refractivity contribution in [2.45, 2.75) is 26.7 Å². The number of carbonyl (C=O) groups is 1. The minimum absolute atomic E-state index is 0. The molecule has 1 aromatic rings. The van der Waals surface area contributed by atoms with Gasteiger partial charge in [0.2, 0.25) is 0 Å². The van der Waals surface area contributed by atoms with E-state index in [1.807, 2.05) is 19.1 Å². The molecule has 1 aliphatic rings. The Morgan fingerprint density at radius 3 is 2.54 bits per heavy atom. The predicted molar refractivity (Wildman–Crippen MR) is 123 cm³/mol. The van der Waals surface area contributed by atoms with Gasteiger partial charge in [-0.15, -0.1) is 24.0 Å². The summed E-state index contributed by atoms with van der Waals surface area (Å²) in [4.78, 5) is 20.1. The summed E-state index contributed by atoms with van der Waals surface area (Å²) in [5, 5.41) is 3.42. The Kier molecular flexibility index (Phi) is 11.7. The number of piperazine rings is 1. The zero-order valence-corrected chi connectivity index (χ0v) is 19.5. The highest BCUT2D eigenvalue weighted by molar-refractivity contribution is 14.0. The Labute approximate surface area is 185 Å². The molecule has 1 aromatic carbocycles. The maximum absolute atomic E-state index is 11.8. The molecule has 0 radical (unpaired) electrons. The summed E-state index contributed by atoms with van der Waals surface area (Å²) in [6.07, 6.45) is 1.67. The fraction of sp³-hybridized carbons (Fsp3) is 0.600. The van der Waals surface area contributed by atoms with Crippen LogP contribution in [0.3, 0.4) is 0 Å². The van der Waals surface area contributed by atoms with Gasteiger partial charge >= 0.3 is 6.09 Å². The lowest BCUT2D eigenvalue weighted by Crippen LogP contribution is -2.54. The largest absolute Gasteiger partial charge is 0.494 e. The molecule has 1 N–H and O–H groups in total. The number of ether oxygens (including phenoxy) is 2. The lowest BCUT2D eigenvalue weighted by Gasteiger charge is -2.35. The second kappa shape index (κ2) is 13.5. The Hall–Kier alpha value is -1.71. The summed E-state index contributed by atoms with van der Waals surface area (Å²) in [5.74, 6) is 1.80. The number of amides is 1. The molecule has 0 atom stereocenters. The molecule has 158 valence electrons. The number of nitrogens with one attached hydrogen (secondary N) is 1. The SMILES string of the molecule is CCCOc1cccc(CCNC(=NC)N2CCN(C(=O)OCC)CC2)c1.I. The third-order valence-electron chi connectivity index (χ3n) is 4.39. The molecule has 1 heterocycles. The Balaban J connectivity index is 0.00000392. The average Bonchev–Trinajstić information content (AvgIpc) is 2.70. The van der Waals surface area contributed by atoms with Crippen molar-refractivity contribution in [3.8, 4) is 5.75 Å². The number of carbonyl (C=O) groups excluding carboxylic acids is 1. The lowest BCUT2D eigenvalue weighted by atomic mass is 10.1. The number of halogens is 1. The van der Waals surface area contributed by atoms with Crippen molar-refractivity contribution < 1.29 is 14.3 Å². The van der Waals surface area contributed by atoms with Crippen LogP contribution in [0.1, 0.15) is 25.8 Å². The highest BCUT2D eigenvalue weighted by atomic mass is 127. The molecule has 0 unspecified atom stereocenters. The fourth-order valence-electron chi connectivity index (χ4n) is 2.98. The van der Waals surface area contributed by atoms with E-state index < -0.39 is 0 Å². The number of nitrogens with zero attached hydrogens (tertiary/aromatic N) is 3. The van der Waals surface area contributed by atoms with Crippen LogP contribution in [0.15, 0.2) is 29.3 Å². The summed E-state index contributed by atoms with van der Waals surface area (Å²) in [7, 11) is 1.79. The zero-order valence-electron chi connectivity index (χ0n) is 17.1. The average molecular weight is 504 g/mol. The Morgan fingerprint density at radius 2 is 1.89 bits per heavy atom. The van der Waals surface area contributed by atoms with Crippen LogP contribution < -0.4 is 10.1 Å². The standard InChI is InChI=1S/C20H32N4O3.HI/c1-4-15-27-18-8-6-7-17(16-18)9-10-22-19(21-3)23-11-13-24(14-12-23)20(25)26-5-2;/h6-8,16H,4-5,9-15H2,1-3H3,(H,21,22);1H. The van der Waals surface area contributed by atoms with Crippen molar-refractivity contribution in [2.75, 3.05) is 53.0 Å². The van der Waals surface area contributed by atoms with Gasteiger partial charge in [-0.3, -0.25) is 4.99 Å². The minimum Gasteiger partial charge on any atom is -0.494 e. The van der Waals surface area contributed by atoms with Crippen LogP contribution in [0.2, 0.25) is 0 Å². The molecule has 0 aliphatic carbocycles. The van der Waals surface area contributed by atoms with Gasteiger partial charge in [0.15, 0.2) is 5.96 Å². The smallest absolute Gasteiger partial charge is 0.409 e. The number of rotatable bonds is 7. The highest BCUT2D eigenvalue weighted by Gasteiger charge is 2.23. The molecule has 28 heavy (non-hydrogen) atoms. The van der Waals surface area contributed by atoms with Gasteiger partial charge in [-0.25, -0.2) is 4.79 Å². The summed E-state index contributed by atoms with van der Waals surface area (Å²) >= 11 is 0. The van der Waals surface area contributed by atoms with Gasteiger partial charge in [-0.2, -0.15) is 0 Å². The van der Waals surface area contributed by atoms with E-state index in [2.05, 4.69) is 34.3 Å². The molecular weight excluding hydrogens is 471 g/mol. The molecular formula is C20H33IN4O3. The fourth-order valence-corrected chi connectivity index (χ4v) is 2.98. The molecule has 2 rings (SSSR count). The van der Waals surface area contributed by atoms with Crippen LogP contribution in [0.25, 0.3) is 0 Å². The number of hydrogen-bond donors (Lipinski definition) is 1. The first-order chi connectivity index (χ1) is 13.2. The van der Waals surface area contributed by atoms with Gasteiger partial charge in [-0.05, 0) is 37.5 Å². The van der Waals surface area contributed by atoms with E-state index in [1.54, 1.807) is 11.9 Å². The second-order valence-corrected chi connectivity index (χ2v) is 6.39. The van der Waals surface area contributed by atoms with E-state index >= 15 is 0 Å². The number of hydrogen-bond acceptors (Lipinski definition) is 4. The van der Waals surface area contributed by atoms with E-state index in [9.17, 15) is 4.79 Å². The van der Waals surface area contributed by atoms with Gasteiger partial charge in [0, 0.05) is 39.8 Å². The third-order valence-corrected chi connectivity index (χ3v) is 4.39. The molecule has 1 amide bonds. The van der Waals surface area contributed by atoms with Crippen LogP contribution in [-0.2, 0) is 11.2 Å². The maximum atomic E-state index is 11.8. The summed E-state index contributed by atoms with van der Waals surface area (Å²) < 4.78 is 10.8. The van der Waals surface area contributed by atoms with Crippen LogP contribution in [0.5, 0.6) is 5.75 Å². The van der Waals surface area contributed by atoms with E-state index in [1.165, 1.54) is 5.56 Å². The van der Waals surface area contributed by atoms with Crippen molar-refractivity contribution in [3.05, 3.63) is 29.8 Å². The van der Waals surface area contributed by atoms with Crippen LogP contribution >= 0.6 is 24.0 Å². The highest BCUT2D eigenvalue weighted by Crippen LogP contribution is 2.14. The van der Waals surface area contributed by atoms with Gasteiger partial charge in [0.05, 0.1) is 13.2 Å². The number of benzene rings is 1. The Bertz CT molecular complexity index is 619. The summed E-state index contributed by atoms with van der Waals surface area (Å²) in [6.45, 7) is 8.67. The summed E-state index contributed by atoms with van der Waals surface area (Å²) in [5.41, 5.74) is 1.23. The molecule has 1 aliphatic heterocycles. The van der Waals surface area contributed by atoms with E-state index in [-0.39, 0.29) is 30.1 Å².